The van der Waals surface area contributed by atoms with E-state index in [9.17, 15) is 17.6 Å². The van der Waals surface area contributed by atoms with Crippen LogP contribution in [0.5, 0.6) is 0 Å². The molecule has 0 radical (unpaired) electrons. The Bertz CT molecular complexity index is 2310. The van der Waals surface area contributed by atoms with Gasteiger partial charge in [0.05, 0.1) is 49.6 Å². The second kappa shape index (κ2) is 14.3. The molecule has 6 nitrogen and oxygen atoms in total. The lowest BCUT2D eigenvalue weighted by Crippen LogP contribution is -2.06. The van der Waals surface area contributed by atoms with Crippen molar-refractivity contribution >= 4 is 46.4 Å². The van der Waals surface area contributed by atoms with E-state index in [4.69, 9.17) is 15.8 Å². The third-order valence-electron chi connectivity index (χ3n) is 8.68. The summed E-state index contributed by atoms with van der Waals surface area (Å²) in [5, 5.41) is 0. The quantitative estimate of drug-likeness (QED) is 0.141. The van der Waals surface area contributed by atoms with Crippen LogP contribution in [-0.2, 0) is 22.3 Å². The lowest BCUT2D eigenvalue weighted by Gasteiger charge is -2.13. The third-order valence-corrected chi connectivity index (χ3v) is 8.68. The van der Waals surface area contributed by atoms with Gasteiger partial charge < -0.3 is 19.4 Å². The molecular weight excluding hydrogens is 644 g/mol. The van der Waals surface area contributed by atoms with Crippen molar-refractivity contribution in [2.45, 2.75) is 38.9 Å². The van der Waals surface area contributed by atoms with Crippen molar-refractivity contribution in [3.05, 3.63) is 141 Å². The van der Waals surface area contributed by atoms with Crippen LogP contribution in [0.2, 0.25) is 0 Å². The number of H-pyrrole nitrogens is 2. The van der Waals surface area contributed by atoms with Gasteiger partial charge in [0, 0.05) is 57.2 Å². The van der Waals surface area contributed by atoms with Gasteiger partial charge in [-0.15, -0.1) is 0 Å². The normalized spacial score (nSPS) is 13.8. The van der Waals surface area contributed by atoms with Gasteiger partial charge in [0.1, 0.15) is 23.3 Å². The van der Waals surface area contributed by atoms with Crippen molar-refractivity contribution in [2.75, 3.05) is 13.2 Å². The zero-order valence-corrected chi connectivity index (χ0v) is 27.4. The summed E-state index contributed by atoms with van der Waals surface area (Å²) in [5.74, 6) is -2.50. The number of nitrogens with zero attached hydrogens (tertiary/aromatic N) is 2. The van der Waals surface area contributed by atoms with E-state index in [2.05, 4.69) is 15.0 Å². The van der Waals surface area contributed by atoms with E-state index in [1.165, 1.54) is 36.4 Å². The number of benzene rings is 2. The summed E-state index contributed by atoms with van der Waals surface area (Å²) < 4.78 is 78.4. The molecule has 7 rings (SSSR count). The molecule has 5 aromatic rings. The molecule has 50 heavy (non-hydrogen) atoms. The fourth-order valence-corrected chi connectivity index (χ4v) is 6.11. The van der Waals surface area contributed by atoms with Crippen molar-refractivity contribution < 1.29 is 28.4 Å². The first-order valence-corrected chi connectivity index (χ1v) is 16.3. The molecule has 254 valence electrons. The molecule has 0 amide bonds. The Morgan fingerprint density at radius 3 is 1.62 bits per heavy atom. The lowest BCUT2D eigenvalue weighted by atomic mass is 10.1. The maximum atomic E-state index is 14.3. The smallest absolute Gasteiger partial charge is 0.129 e. The van der Waals surface area contributed by atoms with Gasteiger partial charge >= 0.3 is 0 Å². The minimum Gasteiger partial charge on any atom is -0.373 e. The minimum atomic E-state index is -0.636. The van der Waals surface area contributed by atoms with Crippen LogP contribution in [-0.4, -0.2) is 33.1 Å². The second-order valence-electron chi connectivity index (χ2n) is 12.2. The molecule has 3 aromatic heterocycles. The molecule has 0 aliphatic carbocycles. The first kappa shape index (κ1) is 31.9. The number of hydrogen-bond donors (Lipinski definition) is 2. The summed E-state index contributed by atoms with van der Waals surface area (Å²) in [6, 6.07) is 17.0. The summed E-state index contributed by atoms with van der Waals surface area (Å²) >= 11 is 0. The molecule has 2 aliphatic rings. The monoisotopic (exact) mass is 679 g/mol. The Hall–Kier alpha value is -5.32. The molecule has 0 saturated heterocycles. The molecule has 2 aliphatic heterocycles. The molecule has 0 saturated carbocycles. The van der Waals surface area contributed by atoms with E-state index in [1.54, 1.807) is 13.0 Å². The van der Waals surface area contributed by atoms with E-state index >= 15 is 0 Å². The minimum absolute atomic E-state index is 0.0211. The number of hydrogen-bond acceptors (Lipinski definition) is 4. The Labute approximate surface area is 287 Å². The number of rotatable bonds is 10. The van der Waals surface area contributed by atoms with Crippen LogP contribution in [0.4, 0.5) is 17.6 Å². The van der Waals surface area contributed by atoms with E-state index in [0.717, 1.165) is 16.8 Å². The Kier molecular flexibility index (Phi) is 9.11. The van der Waals surface area contributed by atoms with Crippen LogP contribution in [0.15, 0.2) is 72.8 Å². The van der Waals surface area contributed by atoms with Crippen molar-refractivity contribution in [3.63, 3.8) is 0 Å². The summed E-state index contributed by atoms with van der Waals surface area (Å²) in [5.41, 5.74) is 6.54. The fourth-order valence-electron chi connectivity index (χ4n) is 6.11. The molecule has 8 bridgehead atoms. The number of aromatic amines is 2. The predicted molar refractivity (Wildman–Crippen MR) is 188 cm³/mol. The van der Waals surface area contributed by atoms with Gasteiger partial charge in [-0.05, 0) is 98.8 Å². The Balaban J connectivity index is 1.29. The zero-order valence-electron chi connectivity index (χ0n) is 28.4. The number of nitrogens with one attached hydrogen (secondary N) is 2. The first-order chi connectivity index (χ1) is 24.6. The highest BCUT2D eigenvalue weighted by Crippen LogP contribution is 2.29. The Morgan fingerprint density at radius 1 is 0.600 bits per heavy atom. The van der Waals surface area contributed by atoms with Crippen molar-refractivity contribution in [3.8, 4) is 0 Å². The van der Waals surface area contributed by atoms with E-state index < -0.39 is 35.5 Å². The maximum Gasteiger partial charge on any atom is 0.129 e. The standard InChI is InChI=1S/C40H34F4N4O2/c1-23(49-15-13-31-35(41)5-3-6-36(31)42)33-19-29-18-27-10-9-25(45-27)17-26-11-12-28(46-26)21-39-34(20-30(48-39)22-40(33)47-29)24(2)50-16-14-32-37(43)7-4-8-38(32)44/h3-12,17-24,47-48H,13-16H2,1-2H3/i19D. The van der Waals surface area contributed by atoms with Gasteiger partial charge in [0.2, 0.25) is 0 Å². The summed E-state index contributed by atoms with van der Waals surface area (Å²) in [6.45, 7) is 3.77. The molecule has 0 fully saturated rings. The van der Waals surface area contributed by atoms with Crippen LogP contribution in [0, 0.1) is 23.3 Å². The molecular formula is C40H34F4N4O2. The van der Waals surface area contributed by atoms with Gasteiger partial charge in [0.25, 0.3) is 0 Å². The highest BCUT2D eigenvalue weighted by molar-refractivity contribution is 5.79. The zero-order chi connectivity index (χ0) is 35.6. The highest BCUT2D eigenvalue weighted by Gasteiger charge is 2.16. The van der Waals surface area contributed by atoms with Crippen molar-refractivity contribution in [1.29, 1.82) is 0 Å². The molecule has 2 unspecified atom stereocenters. The third kappa shape index (κ3) is 7.31. The van der Waals surface area contributed by atoms with Gasteiger partial charge in [-0.2, -0.15) is 0 Å². The van der Waals surface area contributed by atoms with Gasteiger partial charge in [-0.1, -0.05) is 12.1 Å². The van der Waals surface area contributed by atoms with Crippen LogP contribution in [0.1, 0.15) is 72.5 Å². The van der Waals surface area contributed by atoms with E-state index in [1.807, 2.05) is 55.5 Å². The summed E-state index contributed by atoms with van der Waals surface area (Å²) in [4.78, 5) is 16.2. The molecule has 2 aromatic carbocycles. The van der Waals surface area contributed by atoms with Crippen LogP contribution in [0.25, 0.3) is 46.4 Å². The average Bonchev–Trinajstić information content (AvgIpc) is 3.88. The number of ether oxygens (including phenoxy) is 2. The Morgan fingerprint density at radius 2 is 1.06 bits per heavy atom. The molecule has 5 heterocycles. The van der Waals surface area contributed by atoms with Gasteiger partial charge in [0.15, 0.2) is 0 Å². The second-order valence-corrected chi connectivity index (χ2v) is 12.2. The molecule has 10 heteroatoms. The molecule has 2 N–H and O–H groups in total. The van der Waals surface area contributed by atoms with Crippen LogP contribution < -0.4 is 0 Å². The fraction of sp³-hybridized carbons (Fsp3) is 0.200. The van der Waals surface area contributed by atoms with Crippen molar-refractivity contribution in [1.82, 2.24) is 19.9 Å². The van der Waals surface area contributed by atoms with Gasteiger partial charge in [-0.3, -0.25) is 0 Å². The van der Waals surface area contributed by atoms with Crippen LogP contribution >= 0.6 is 0 Å². The highest BCUT2D eigenvalue weighted by atomic mass is 19.1. The van der Waals surface area contributed by atoms with Gasteiger partial charge in [-0.25, -0.2) is 27.5 Å². The topological polar surface area (TPSA) is 75.8 Å². The average molecular weight is 680 g/mol. The lowest BCUT2D eigenvalue weighted by molar-refractivity contribution is 0.0682. The maximum absolute atomic E-state index is 14.3. The predicted octanol–water partition coefficient (Wildman–Crippen LogP) is 9.85. The van der Waals surface area contributed by atoms with E-state index in [0.29, 0.717) is 39.2 Å². The molecule has 2 atom stereocenters. The van der Waals surface area contributed by atoms with Crippen LogP contribution in [0.3, 0.4) is 0 Å². The largest absolute Gasteiger partial charge is 0.373 e. The molecule has 0 spiro atoms. The number of fused-ring (bicyclic) bond motifs is 8. The van der Waals surface area contributed by atoms with Crippen molar-refractivity contribution in [2.24, 2.45) is 0 Å². The number of halogens is 4. The summed E-state index contributed by atoms with van der Waals surface area (Å²) in [7, 11) is 0. The first-order valence-electron chi connectivity index (χ1n) is 16.8. The summed E-state index contributed by atoms with van der Waals surface area (Å²) in [6.07, 6.45) is 6.51. The van der Waals surface area contributed by atoms with E-state index in [-0.39, 0.29) is 43.2 Å². The number of aromatic nitrogens is 4. The SMILES string of the molecule is [2H]c1c(C(C)OCCc2c(F)cccc2F)c2cc3cc(C(C)OCCc4c(F)cccc4F)c(cc4nc(cc5nc(cc1[nH]2)C=C5)C=C4)[nH]3.